The van der Waals surface area contributed by atoms with E-state index < -0.39 is 0 Å². The first-order chi connectivity index (χ1) is 9.19. The quantitative estimate of drug-likeness (QED) is 0.810. The number of hydrogen-bond acceptors (Lipinski definition) is 4. The standard InChI is InChI=1S/C15H12O4/c1-18-10-6-11(16)15-12(17)8-13(19-14(15)7-10)9-4-2-3-5-9/h2-8,16-17H,1H3. The second kappa shape index (κ2) is 4.24. The van der Waals surface area contributed by atoms with Gasteiger partial charge in [-0.15, -0.1) is 0 Å². The molecule has 1 aliphatic heterocycles. The highest BCUT2D eigenvalue weighted by Crippen LogP contribution is 2.42. The normalized spacial score (nSPS) is 16.2. The van der Waals surface area contributed by atoms with E-state index in [1.807, 2.05) is 24.3 Å². The predicted molar refractivity (Wildman–Crippen MR) is 71.2 cm³/mol. The second-order valence-electron chi connectivity index (χ2n) is 4.19. The lowest BCUT2D eigenvalue weighted by Gasteiger charge is -2.19. The van der Waals surface area contributed by atoms with Gasteiger partial charge in [0, 0.05) is 23.8 Å². The Balaban J connectivity index is 2.15. The molecule has 0 unspecified atom stereocenters. The smallest absolute Gasteiger partial charge is 0.145 e. The van der Waals surface area contributed by atoms with Gasteiger partial charge in [0.15, 0.2) is 0 Å². The fourth-order valence-electron chi connectivity index (χ4n) is 2.06. The average molecular weight is 256 g/mol. The summed E-state index contributed by atoms with van der Waals surface area (Å²) >= 11 is 0. The molecule has 0 spiro atoms. The van der Waals surface area contributed by atoms with E-state index in [0.29, 0.717) is 17.3 Å². The molecule has 0 saturated heterocycles. The van der Waals surface area contributed by atoms with Crippen LogP contribution in [0.4, 0.5) is 0 Å². The Labute approximate surface area is 110 Å². The Morgan fingerprint density at radius 2 is 1.84 bits per heavy atom. The molecule has 0 saturated carbocycles. The summed E-state index contributed by atoms with van der Waals surface area (Å²) in [7, 11) is 1.50. The van der Waals surface area contributed by atoms with Crippen LogP contribution < -0.4 is 9.47 Å². The van der Waals surface area contributed by atoms with E-state index in [-0.39, 0.29) is 17.1 Å². The highest BCUT2D eigenvalue weighted by Gasteiger charge is 2.23. The van der Waals surface area contributed by atoms with Gasteiger partial charge in [0.05, 0.1) is 7.11 Å². The Bertz CT molecular complexity index is 649. The van der Waals surface area contributed by atoms with Crippen LogP contribution in [0.5, 0.6) is 17.2 Å². The van der Waals surface area contributed by atoms with Gasteiger partial charge in [-0.1, -0.05) is 24.3 Å². The van der Waals surface area contributed by atoms with Crippen LogP contribution in [0.2, 0.25) is 0 Å². The molecule has 2 N–H and O–H groups in total. The van der Waals surface area contributed by atoms with Gasteiger partial charge < -0.3 is 19.7 Å². The Morgan fingerprint density at radius 3 is 2.53 bits per heavy atom. The van der Waals surface area contributed by atoms with Gasteiger partial charge in [-0.3, -0.25) is 0 Å². The summed E-state index contributed by atoms with van der Waals surface area (Å²) in [4.78, 5) is 0. The zero-order valence-corrected chi connectivity index (χ0v) is 10.3. The molecule has 2 aliphatic rings. The number of aliphatic hydroxyl groups excluding tert-OH is 1. The number of methoxy groups -OCH3 is 1. The van der Waals surface area contributed by atoms with E-state index in [0.717, 1.165) is 5.57 Å². The monoisotopic (exact) mass is 256 g/mol. The van der Waals surface area contributed by atoms with Crippen LogP contribution in [0.1, 0.15) is 5.56 Å². The summed E-state index contributed by atoms with van der Waals surface area (Å²) in [5, 5.41) is 19.9. The first-order valence-electron chi connectivity index (χ1n) is 5.78. The SMILES string of the molecule is COc1cc(O)c2c(c1)OC(=C1C=CC=C1)C=C2O. The highest BCUT2D eigenvalue weighted by molar-refractivity contribution is 5.76. The molecule has 0 atom stereocenters. The van der Waals surface area contributed by atoms with Crippen molar-refractivity contribution in [2.75, 3.05) is 7.11 Å². The predicted octanol–water partition coefficient (Wildman–Crippen LogP) is 3.07. The van der Waals surface area contributed by atoms with Crippen molar-refractivity contribution in [2.24, 2.45) is 0 Å². The largest absolute Gasteiger partial charge is 0.507 e. The van der Waals surface area contributed by atoms with Crippen molar-refractivity contribution in [3.63, 3.8) is 0 Å². The maximum absolute atomic E-state index is 10.0. The van der Waals surface area contributed by atoms with Gasteiger partial charge in [-0.05, 0) is 0 Å². The summed E-state index contributed by atoms with van der Waals surface area (Å²) < 4.78 is 10.8. The van der Waals surface area contributed by atoms with E-state index in [9.17, 15) is 10.2 Å². The van der Waals surface area contributed by atoms with Gasteiger partial charge in [0.2, 0.25) is 0 Å². The summed E-state index contributed by atoms with van der Waals surface area (Å²) in [5.74, 6) is 1.26. The molecular weight excluding hydrogens is 244 g/mol. The topological polar surface area (TPSA) is 58.9 Å². The number of fused-ring (bicyclic) bond motifs is 1. The van der Waals surface area contributed by atoms with Crippen LogP contribution in [-0.4, -0.2) is 17.3 Å². The van der Waals surface area contributed by atoms with Crippen molar-refractivity contribution in [3.8, 4) is 17.2 Å². The minimum atomic E-state index is -0.0790. The third-order valence-electron chi connectivity index (χ3n) is 2.98. The van der Waals surface area contributed by atoms with E-state index in [2.05, 4.69) is 0 Å². The molecule has 1 aromatic rings. The molecule has 1 aromatic carbocycles. The number of hydrogen-bond donors (Lipinski definition) is 2. The van der Waals surface area contributed by atoms with Gasteiger partial charge in [-0.2, -0.15) is 0 Å². The molecule has 4 heteroatoms. The maximum Gasteiger partial charge on any atom is 0.145 e. The van der Waals surface area contributed by atoms with E-state index >= 15 is 0 Å². The zero-order chi connectivity index (χ0) is 13.4. The lowest BCUT2D eigenvalue weighted by Crippen LogP contribution is -2.05. The van der Waals surface area contributed by atoms with Gasteiger partial charge in [-0.25, -0.2) is 0 Å². The van der Waals surface area contributed by atoms with Crippen LogP contribution in [-0.2, 0) is 0 Å². The minimum absolute atomic E-state index is 0.0300. The lowest BCUT2D eigenvalue weighted by atomic mass is 10.1. The minimum Gasteiger partial charge on any atom is -0.507 e. The van der Waals surface area contributed by atoms with Crippen LogP contribution in [0.3, 0.4) is 0 Å². The van der Waals surface area contributed by atoms with Gasteiger partial charge >= 0.3 is 0 Å². The number of ether oxygens (including phenoxy) is 2. The van der Waals surface area contributed by atoms with Crippen molar-refractivity contribution in [1.82, 2.24) is 0 Å². The highest BCUT2D eigenvalue weighted by atomic mass is 16.5. The molecule has 0 amide bonds. The van der Waals surface area contributed by atoms with E-state index in [1.165, 1.54) is 19.3 Å². The molecule has 0 bridgehead atoms. The summed E-state index contributed by atoms with van der Waals surface area (Å²) in [5.41, 5.74) is 1.13. The molecule has 1 heterocycles. The molecule has 3 rings (SSSR count). The molecule has 0 aromatic heterocycles. The van der Waals surface area contributed by atoms with Crippen LogP contribution in [0.15, 0.2) is 53.8 Å². The first kappa shape index (κ1) is 11.5. The molecule has 4 nitrogen and oxygen atoms in total. The van der Waals surface area contributed by atoms with Crippen LogP contribution >= 0.6 is 0 Å². The number of phenols is 1. The molecule has 0 radical (unpaired) electrons. The molecular formula is C15H12O4. The van der Waals surface area contributed by atoms with E-state index in [4.69, 9.17) is 9.47 Å². The first-order valence-corrected chi connectivity index (χ1v) is 5.78. The van der Waals surface area contributed by atoms with Crippen molar-refractivity contribution in [3.05, 3.63) is 59.4 Å². The maximum atomic E-state index is 10.0. The number of rotatable bonds is 1. The van der Waals surface area contributed by atoms with Crippen molar-refractivity contribution < 1.29 is 19.7 Å². The lowest BCUT2D eigenvalue weighted by molar-refractivity contribution is 0.381. The number of aromatic hydroxyl groups is 1. The Hall–Kier alpha value is -2.62. The Kier molecular flexibility index (Phi) is 2.56. The van der Waals surface area contributed by atoms with Crippen LogP contribution in [0, 0.1) is 0 Å². The van der Waals surface area contributed by atoms with E-state index in [1.54, 1.807) is 6.07 Å². The number of allylic oxidation sites excluding steroid dienone is 6. The molecule has 1 aliphatic carbocycles. The summed E-state index contributed by atoms with van der Waals surface area (Å²) in [6.07, 6.45) is 9.02. The third kappa shape index (κ3) is 1.87. The third-order valence-corrected chi connectivity index (χ3v) is 2.98. The molecule has 19 heavy (non-hydrogen) atoms. The summed E-state index contributed by atoms with van der Waals surface area (Å²) in [6, 6.07) is 3.06. The number of benzene rings is 1. The second-order valence-corrected chi connectivity index (χ2v) is 4.19. The Morgan fingerprint density at radius 1 is 1.11 bits per heavy atom. The van der Waals surface area contributed by atoms with Crippen LogP contribution in [0.25, 0.3) is 5.76 Å². The van der Waals surface area contributed by atoms with Crippen molar-refractivity contribution in [1.29, 1.82) is 0 Å². The van der Waals surface area contributed by atoms with Crippen molar-refractivity contribution >= 4 is 5.76 Å². The number of aliphatic hydroxyl groups is 1. The summed E-state index contributed by atoms with van der Waals surface area (Å²) in [6.45, 7) is 0. The number of phenolic OH excluding ortho intramolecular Hbond substituents is 1. The van der Waals surface area contributed by atoms with Gasteiger partial charge in [0.1, 0.15) is 34.3 Å². The van der Waals surface area contributed by atoms with Crippen molar-refractivity contribution in [2.45, 2.75) is 0 Å². The molecule has 96 valence electrons. The average Bonchev–Trinajstić information content (AvgIpc) is 2.91. The fourth-order valence-corrected chi connectivity index (χ4v) is 2.06. The fraction of sp³-hybridized carbons (Fsp3) is 0.0667. The van der Waals surface area contributed by atoms with Gasteiger partial charge in [0.25, 0.3) is 0 Å². The zero-order valence-electron chi connectivity index (χ0n) is 10.3. The molecule has 0 fully saturated rings.